The zero-order valence-corrected chi connectivity index (χ0v) is 12.0. The summed E-state index contributed by atoms with van der Waals surface area (Å²) in [5.74, 6) is 0.727. The molecule has 0 aliphatic rings. The Morgan fingerprint density at radius 3 is 2.23 bits per heavy atom. The van der Waals surface area contributed by atoms with Gasteiger partial charge in [-0.15, -0.1) is 0 Å². The highest BCUT2D eigenvalue weighted by Gasteiger charge is 2.17. The maximum atomic E-state index is 10.8. The van der Waals surface area contributed by atoms with Gasteiger partial charge in [-0.2, -0.15) is 9.98 Å². The summed E-state index contributed by atoms with van der Waals surface area (Å²) >= 11 is 0. The van der Waals surface area contributed by atoms with Crippen molar-refractivity contribution in [3.8, 4) is 22.6 Å². The first kappa shape index (κ1) is 15.2. The Morgan fingerprint density at radius 2 is 1.59 bits per heavy atom. The molecule has 0 atom stereocenters. The molecule has 0 aromatic heterocycles. The SMILES string of the molecule is COc1ccc(-c2ccccc2N=C=O)c(N=C=O)c1OC. The van der Waals surface area contributed by atoms with E-state index >= 15 is 0 Å². The van der Waals surface area contributed by atoms with Gasteiger partial charge in [-0.3, -0.25) is 0 Å². The van der Waals surface area contributed by atoms with Gasteiger partial charge in [0.25, 0.3) is 0 Å². The Kier molecular flexibility index (Phi) is 4.83. The highest BCUT2D eigenvalue weighted by Crippen LogP contribution is 2.46. The Balaban J connectivity index is 2.81. The van der Waals surface area contributed by atoms with Gasteiger partial charge in [0, 0.05) is 11.1 Å². The minimum Gasteiger partial charge on any atom is -0.493 e. The van der Waals surface area contributed by atoms with E-state index in [0.29, 0.717) is 28.3 Å². The third kappa shape index (κ3) is 2.79. The maximum absolute atomic E-state index is 10.8. The molecule has 0 radical (unpaired) electrons. The van der Waals surface area contributed by atoms with Crippen molar-refractivity contribution in [1.82, 2.24) is 0 Å². The summed E-state index contributed by atoms with van der Waals surface area (Å²) in [5, 5.41) is 0. The minimum absolute atomic E-state index is 0.255. The van der Waals surface area contributed by atoms with Crippen molar-refractivity contribution in [2.75, 3.05) is 14.2 Å². The van der Waals surface area contributed by atoms with Gasteiger partial charge in [0.15, 0.2) is 11.5 Å². The van der Waals surface area contributed by atoms with E-state index in [-0.39, 0.29) is 5.69 Å². The summed E-state index contributed by atoms with van der Waals surface area (Å²) in [7, 11) is 2.93. The highest BCUT2D eigenvalue weighted by atomic mass is 16.5. The lowest BCUT2D eigenvalue weighted by atomic mass is 10.0. The molecule has 6 nitrogen and oxygen atoms in total. The van der Waals surface area contributed by atoms with Gasteiger partial charge in [-0.25, -0.2) is 9.59 Å². The lowest BCUT2D eigenvalue weighted by Crippen LogP contribution is -1.92. The van der Waals surface area contributed by atoms with Crippen LogP contribution in [-0.4, -0.2) is 26.4 Å². The molecule has 0 aliphatic carbocycles. The second-order valence-electron chi connectivity index (χ2n) is 4.12. The predicted octanol–water partition coefficient (Wildman–Crippen LogP) is 3.31. The van der Waals surface area contributed by atoms with Crippen molar-refractivity contribution >= 4 is 23.5 Å². The summed E-state index contributed by atoms with van der Waals surface area (Å²) in [6.45, 7) is 0. The molecule has 0 amide bonds. The highest BCUT2D eigenvalue weighted by molar-refractivity contribution is 5.89. The predicted molar refractivity (Wildman–Crippen MR) is 80.5 cm³/mol. The van der Waals surface area contributed by atoms with Crippen molar-refractivity contribution in [2.24, 2.45) is 9.98 Å². The third-order valence-electron chi connectivity index (χ3n) is 3.04. The molecule has 22 heavy (non-hydrogen) atoms. The van der Waals surface area contributed by atoms with Gasteiger partial charge in [0.1, 0.15) is 5.69 Å². The number of aliphatic imine (C=N–C) groups is 2. The summed E-state index contributed by atoms with van der Waals surface area (Å²) in [6.07, 6.45) is 3.01. The van der Waals surface area contributed by atoms with Gasteiger partial charge < -0.3 is 9.47 Å². The molecule has 110 valence electrons. The summed E-state index contributed by atoms with van der Waals surface area (Å²) < 4.78 is 10.5. The zero-order valence-electron chi connectivity index (χ0n) is 12.0. The summed E-state index contributed by atoms with van der Waals surface area (Å²) in [4.78, 5) is 28.7. The quantitative estimate of drug-likeness (QED) is 0.626. The van der Waals surface area contributed by atoms with Crippen molar-refractivity contribution in [3.63, 3.8) is 0 Å². The molecule has 0 N–H and O–H groups in total. The fourth-order valence-electron chi connectivity index (χ4n) is 2.13. The second-order valence-corrected chi connectivity index (χ2v) is 4.12. The average Bonchev–Trinajstić information content (AvgIpc) is 2.55. The van der Waals surface area contributed by atoms with E-state index in [1.54, 1.807) is 36.4 Å². The van der Waals surface area contributed by atoms with Crippen molar-refractivity contribution in [1.29, 1.82) is 0 Å². The van der Waals surface area contributed by atoms with Gasteiger partial charge in [0.2, 0.25) is 12.2 Å². The number of isocyanates is 2. The largest absolute Gasteiger partial charge is 0.493 e. The number of carbonyl (C=O) groups excluding carboxylic acids is 2. The average molecular weight is 296 g/mol. The number of methoxy groups -OCH3 is 2. The van der Waals surface area contributed by atoms with E-state index < -0.39 is 0 Å². The molecule has 0 saturated heterocycles. The van der Waals surface area contributed by atoms with Crippen molar-refractivity contribution in [2.45, 2.75) is 0 Å². The van der Waals surface area contributed by atoms with Gasteiger partial charge >= 0.3 is 0 Å². The number of benzene rings is 2. The van der Waals surface area contributed by atoms with Crippen LogP contribution in [0.4, 0.5) is 11.4 Å². The van der Waals surface area contributed by atoms with Crippen LogP contribution in [0.1, 0.15) is 0 Å². The number of hydrogen-bond acceptors (Lipinski definition) is 6. The van der Waals surface area contributed by atoms with Crippen molar-refractivity contribution in [3.05, 3.63) is 36.4 Å². The van der Waals surface area contributed by atoms with Crippen LogP contribution in [0.2, 0.25) is 0 Å². The Hall–Kier alpha value is -3.20. The van der Waals surface area contributed by atoms with Gasteiger partial charge in [-0.1, -0.05) is 18.2 Å². The molecule has 0 heterocycles. The molecular formula is C16H12N2O4. The first-order chi connectivity index (χ1) is 10.8. The molecule has 0 saturated carbocycles. The van der Waals surface area contributed by atoms with E-state index in [0.717, 1.165) is 0 Å². The van der Waals surface area contributed by atoms with E-state index in [4.69, 9.17) is 9.47 Å². The molecule has 2 aromatic carbocycles. The molecule has 0 spiro atoms. The fourth-order valence-corrected chi connectivity index (χ4v) is 2.13. The Labute approximate surface area is 126 Å². The van der Waals surface area contributed by atoms with Crippen LogP contribution in [-0.2, 0) is 9.59 Å². The minimum atomic E-state index is 0.255. The maximum Gasteiger partial charge on any atom is 0.240 e. The monoisotopic (exact) mass is 296 g/mol. The Bertz CT molecular complexity index is 789. The van der Waals surface area contributed by atoms with Crippen molar-refractivity contribution < 1.29 is 19.1 Å². The van der Waals surface area contributed by atoms with E-state index in [1.165, 1.54) is 26.4 Å². The van der Waals surface area contributed by atoms with Gasteiger partial charge in [0.05, 0.1) is 19.9 Å². The standard InChI is InChI=1S/C16H12N2O4/c1-21-14-8-7-12(15(18-10-20)16(14)22-2)11-5-3-4-6-13(11)17-9-19/h3-8H,1-2H3. The molecule has 0 bridgehead atoms. The fraction of sp³-hybridized carbons (Fsp3) is 0.125. The lowest BCUT2D eigenvalue weighted by Gasteiger charge is -2.14. The lowest BCUT2D eigenvalue weighted by molar-refractivity contribution is 0.356. The molecule has 6 heteroatoms. The zero-order chi connectivity index (χ0) is 15.9. The van der Waals surface area contributed by atoms with Crippen LogP contribution < -0.4 is 9.47 Å². The first-order valence-electron chi connectivity index (χ1n) is 6.27. The molecule has 2 rings (SSSR count). The van der Waals surface area contributed by atoms with Crippen LogP contribution in [0.15, 0.2) is 46.4 Å². The third-order valence-corrected chi connectivity index (χ3v) is 3.04. The molecule has 0 unspecified atom stereocenters. The number of nitrogens with zero attached hydrogens (tertiary/aromatic N) is 2. The van der Waals surface area contributed by atoms with Crippen LogP contribution in [0.3, 0.4) is 0 Å². The molecule has 2 aromatic rings. The van der Waals surface area contributed by atoms with Crippen LogP contribution in [0.5, 0.6) is 11.5 Å². The molecule has 0 fully saturated rings. The summed E-state index contributed by atoms with van der Waals surface area (Å²) in [5.41, 5.74) is 1.84. The van der Waals surface area contributed by atoms with Crippen LogP contribution in [0, 0.1) is 0 Å². The second kappa shape index (κ2) is 6.99. The number of para-hydroxylation sites is 1. The number of hydrogen-bond donors (Lipinski definition) is 0. The van der Waals surface area contributed by atoms with Crippen LogP contribution in [0.25, 0.3) is 11.1 Å². The Morgan fingerprint density at radius 1 is 0.864 bits per heavy atom. The van der Waals surface area contributed by atoms with E-state index in [1.807, 2.05) is 0 Å². The summed E-state index contributed by atoms with van der Waals surface area (Å²) in [6, 6.07) is 10.3. The molecule has 0 aliphatic heterocycles. The normalized spacial score (nSPS) is 9.36. The number of ether oxygens (including phenoxy) is 2. The van der Waals surface area contributed by atoms with Gasteiger partial charge in [-0.05, 0) is 18.2 Å². The van der Waals surface area contributed by atoms with E-state index in [9.17, 15) is 9.59 Å². The molecular weight excluding hydrogens is 284 g/mol. The van der Waals surface area contributed by atoms with Crippen LogP contribution >= 0.6 is 0 Å². The van der Waals surface area contributed by atoms with E-state index in [2.05, 4.69) is 9.98 Å². The number of rotatable bonds is 5. The smallest absolute Gasteiger partial charge is 0.240 e. The topological polar surface area (TPSA) is 77.3 Å². The first-order valence-corrected chi connectivity index (χ1v) is 6.27.